The third-order valence-electron chi connectivity index (χ3n) is 3.47. The Morgan fingerprint density at radius 2 is 1.82 bits per heavy atom. The molecule has 4 aromatic rings. The maximum Gasteiger partial charge on any atom is 0.416 e. The van der Waals surface area contributed by atoms with Crippen LogP contribution in [0.4, 0.5) is 13.2 Å². The minimum Gasteiger partial charge on any atom is -0.343 e. The van der Waals surface area contributed by atoms with Crippen molar-refractivity contribution >= 4 is 22.1 Å². The van der Waals surface area contributed by atoms with Gasteiger partial charge in [0.1, 0.15) is 0 Å². The first-order valence-corrected chi connectivity index (χ1v) is 6.36. The number of benzene rings is 1. The number of rotatable bonds is 1. The Balaban J connectivity index is 2.01. The Labute approximate surface area is 121 Å². The minimum atomic E-state index is -4.43. The van der Waals surface area contributed by atoms with Crippen LogP contribution in [-0.4, -0.2) is 25.1 Å². The van der Waals surface area contributed by atoms with Gasteiger partial charge in [0, 0.05) is 17.1 Å². The molecule has 0 atom stereocenters. The largest absolute Gasteiger partial charge is 0.416 e. The second-order valence-electron chi connectivity index (χ2n) is 4.85. The van der Waals surface area contributed by atoms with E-state index in [4.69, 9.17) is 0 Å². The zero-order valence-electron chi connectivity index (χ0n) is 10.9. The summed E-state index contributed by atoms with van der Waals surface area (Å²) in [5, 5.41) is 7.02. The molecule has 3 heterocycles. The van der Waals surface area contributed by atoms with Gasteiger partial charge in [-0.05, 0) is 23.8 Å². The second kappa shape index (κ2) is 4.30. The lowest BCUT2D eigenvalue weighted by atomic mass is 10.00. The van der Waals surface area contributed by atoms with Crippen molar-refractivity contribution in [2.45, 2.75) is 6.18 Å². The minimum absolute atomic E-state index is 0.328. The lowest BCUT2D eigenvalue weighted by molar-refractivity contribution is -0.137. The number of alkyl halides is 3. The number of nitrogens with zero attached hydrogens (tertiary/aromatic N) is 3. The summed E-state index contributed by atoms with van der Waals surface area (Å²) in [5.74, 6) is 0. The molecule has 8 heteroatoms. The standard InChI is InChI=1S/C14H8F3N5/c15-14(16,17)8-2-9(10-5-21-22-11(10)3-8)7-1-12-13(18-4-7)20-6-19-12/h1-6H,(H,21,22)(H,18,19,20). The van der Waals surface area contributed by atoms with Gasteiger partial charge < -0.3 is 4.98 Å². The van der Waals surface area contributed by atoms with Gasteiger partial charge in [0.15, 0.2) is 5.65 Å². The van der Waals surface area contributed by atoms with Crippen LogP contribution in [0.1, 0.15) is 5.56 Å². The summed E-state index contributed by atoms with van der Waals surface area (Å²) >= 11 is 0. The molecule has 0 radical (unpaired) electrons. The number of H-pyrrole nitrogens is 2. The summed E-state index contributed by atoms with van der Waals surface area (Å²) < 4.78 is 39.2. The molecule has 0 fully saturated rings. The van der Waals surface area contributed by atoms with Gasteiger partial charge in [-0.15, -0.1) is 0 Å². The van der Waals surface area contributed by atoms with Crippen LogP contribution in [0.25, 0.3) is 33.2 Å². The van der Waals surface area contributed by atoms with Crippen LogP contribution in [0.3, 0.4) is 0 Å². The first kappa shape index (κ1) is 12.8. The molecule has 0 aliphatic heterocycles. The third kappa shape index (κ3) is 1.92. The zero-order chi connectivity index (χ0) is 15.3. The predicted octanol–water partition coefficient (Wildman–Crippen LogP) is 3.52. The lowest BCUT2D eigenvalue weighted by Gasteiger charge is -2.10. The van der Waals surface area contributed by atoms with E-state index in [1.807, 2.05) is 0 Å². The van der Waals surface area contributed by atoms with E-state index in [-0.39, 0.29) is 0 Å². The molecule has 0 unspecified atom stereocenters. The van der Waals surface area contributed by atoms with Crippen LogP contribution in [-0.2, 0) is 6.18 Å². The molecule has 0 amide bonds. The molecule has 22 heavy (non-hydrogen) atoms. The quantitative estimate of drug-likeness (QED) is 0.565. The molecule has 110 valence electrons. The molecule has 4 rings (SSSR count). The molecule has 0 saturated carbocycles. The number of hydrogen-bond acceptors (Lipinski definition) is 3. The average molecular weight is 303 g/mol. The molecular formula is C14H8F3N5. The van der Waals surface area contributed by atoms with Gasteiger partial charge in [-0.1, -0.05) is 0 Å². The van der Waals surface area contributed by atoms with Crippen molar-refractivity contribution < 1.29 is 13.2 Å². The number of imidazole rings is 1. The lowest BCUT2D eigenvalue weighted by Crippen LogP contribution is -2.05. The van der Waals surface area contributed by atoms with Crippen LogP contribution in [0.15, 0.2) is 36.9 Å². The van der Waals surface area contributed by atoms with Gasteiger partial charge in [-0.25, -0.2) is 9.97 Å². The van der Waals surface area contributed by atoms with Crippen LogP contribution in [0, 0.1) is 0 Å². The van der Waals surface area contributed by atoms with E-state index in [1.165, 1.54) is 18.7 Å². The highest BCUT2D eigenvalue weighted by molar-refractivity contribution is 5.96. The normalized spacial score (nSPS) is 12.3. The Kier molecular flexibility index (Phi) is 2.50. The first-order chi connectivity index (χ1) is 10.5. The molecule has 0 bridgehead atoms. The number of hydrogen-bond donors (Lipinski definition) is 2. The fourth-order valence-electron chi connectivity index (χ4n) is 2.43. The topological polar surface area (TPSA) is 70.2 Å². The fourth-order valence-corrected chi connectivity index (χ4v) is 2.43. The maximum atomic E-state index is 13.1. The monoisotopic (exact) mass is 303 g/mol. The van der Waals surface area contributed by atoms with E-state index in [9.17, 15) is 13.2 Å². The summed E-state index contributed by atoms with van der Waals surface area (Å²) in [6.07, 6.45) is 0.0632. The van der Waals surface area contributed by atoms with Crippen molar-refractivity contribution in [1.82, 2.24) is 25.1 Å². The Hall–Kier alpha value is -2.90. The van der Waals surface area contributed by atoms with Gasteiger partial charge >= 0.3 is 6.18 Å². The summed E-state index contributed by atoms with van der Waals surface area (Å²) in [6.45, 7) is 0. The van der Waals surface area contributed by atoms with Crippen molar-refractivity contribution in [3.8, 4) is 11.1 Å². The van der Waals surface area contributed by atoms with Gasteiger partial charge in [0.05, 0.1) is 29.1 Å². The summed E-state index contributed by atoms with van der Waals surface area (Å²) in [7, 11) is 0. The van der Waals surface area contributed by atoms with E-state index in [2.05, 4.69) is 25.1 Å². The van der Waals surface area contributed by atoms with Gasteiger partial charge in [-0.2, -0.15) is 18.3 Å². The zero-order valence-corrected chi connectivity index (χ0v) is 10.9. The molecule has 0 saturated heterocycles. The molecule has 3 aromatic heterocycles. The van der Waals surface area contributed by atoms with E-state index >= 15 is 0 Å². The van der Waals surface area contributed by atoms with Gasteiger partial charge in [0.2, 0.25) is 0 Å². The summed E-state index contributed by atoms with van der Waals surface area (Å²) in [4.78, 5) is 11.0. The smallest absolute Gasteiger partial charge is 0.343 e. The second-order valence-corrected chi connectivity index (χ2v) is 4.85. The van der Waals surface area contributed by atoms with Gasteiger partial charge in [-0.3, -0.25) is 5.10 Å². The Morgan fingerprint density at radius 3 is 2.64 bits per heavy atom. The maximum absolute atomic E-state index is 13.1. The molecule has 1 aromatic carbocycles. The van der Waals surface area contributed by atoms with Crippen molar-refractivity contribution in [2.75, 3.05) is 0 Å². The van der Waals surface area contributed by atoms with Gasteiger partial charge in [0.25, 0.3) is 0 Å². The summed E-state index contributed by atoms with van der Waals surface area (Å²) in [5.41, 5.74) is 1.75. The fraction of sp³-hybridized carbons (Fsp3) is 0.0714. The highest BCUT2D eigenvalue weighted by Crippen LogP contribution is 2.36. The van der Waals surface area contributed by atoms with Crippen LogP contribution < -0.4 is 0 Å². The average Bonchev–Trinajstić information content (AvgIpc) is 3.13. The predicted molar refractivity (Wildman–Crippen MR) is 74.0 cm³/mol. The number of halogens is 3. The molecule has 5 nitrogen and oxygen atoms in total. The van der Waals surface area contributed by atoms with Crippen molar-refractivity contribution in [1.29, 1.82) is 0 Å². The SMILES string of the molecule is FC(F)(F)c1cc(-c2cnc3nc[nH]c3c2)c2cn[nH]c2c1. The highest BCUT2D eigenvalue weighted by Gasteiger charge is 2.31. The highest BCUT2D eigenvalue weighted by atomic mass is 19.4. The van der Waals surface area contributed by atoms with E-state index in [0.717, 1.165) is 12.1 Å². The molecule has 2 N–H and O–H groups in total. The van der Waals surface area contributed by atoms with E-state index in [0.29, 0.717) is 33.2 Å². The third-order valence-corrected chi connectivity index (χ3v) is 3.47. The summed E-state index contributed by atoms with van der Waals surface area (Å²) in [6, 6.07) is 3.88. The molecule has 0 aliphatic carbocycles. The van der Waals surface area contributed by atoms with Crippen LogP contribution in [0.5, 0.6) is 0 Å². The van der Waals surface area contributed by atoms with E-state index < -0.39 is 11.7 Å². The number of nitrogens with one attached hydrogen (secondary N) is 2. The Bertz CT molecular complexity index is 983. The van der Waals surface area contributed by atoms with Crippen LogP contribution >= 0.6 is 0 Å². The number of aromatic nitrogens is 5. The number of pyridine rings is 1. The molecular weight excluding hydrogens is 295 g/mol. The molecule has 0 aliphatic rings. The Morgan fingerprint density at radius 1 is 0.955 bits per heavy atom. The van der Waals surface area contributed by atoms with Crippen molar-refractivity contribution in [3.63, 3.8) is 0 Å². The molecule has 0 spiro atoms. The van der Waals surface area contributed by atoms with Crippen LogP contribution in [0.2, 0.25) is 0 Å². The number of aromatic amines is 2. The van der Waals surface area contributed by atoms with Crippen molar-refractivity contribution in [2.24, 2.45) is 0 Å². The van der Waals surface area contributed by atoms with Crippen molar-refractivity contribution in [3.05, 3.63) is 42.5 Å². The first-order valence-electron chi connectivity index (χ1n) is 6.36. The van der Waals surface area contributed by atoms with E-state index in [1.54, 1.807) is 6.07 Å². The number of fused-ring (bicyclic) bond motifs is 2.